The summed E-state index contributed by atoms with van der Waals surface area (Å²) in [4.78, 5) is 23.7. The van der Waals surface area contributed by atoms with Gasteiger partial charge in [0, 0.05) is 0 Å². The molecule has 0 aliphatic heterocycles. The van der Waals surface area contributed by atoms with Crippen molar-refractivity contribution in [3.05, 3.63) is 0 Å². The van der Waals surface area contributed by atoms with Crippen LogP contribution >= 0.6 is 0 Å². The molecule has 0 saturated heterocycles. The fourth-order valence-corrected chi connectivity index (χ4v) is 2.29. The zero-order valence-electron chi connectivity index (χ0n) is 15.4. The number of ether oxygens (including phenoxy) is 2. The first-order valence-corrected chi connectivity index (χ1v) is 9.16. The lowest BCUT2D eigenvalue weighted by molar-refractivity contribution is -0.147. The molecule has 0 aromatic carbocycles. The number of alkyl carbamates (subject to hydrolysis) is 1. The van der Waals surface area contributed by atoms with E-state index in [4.69, 9.17) is 9.47 Å². The Morgan fingerprint density at radius 3 is 2.09 bits per heavy atom. The molecule has 0 saturated carbocycles. The van der Waals surface area contributed by atoms with Crippen molar-refractivity contribution in [3.8, 4) is 0 Å². The molecular formula is C18H35NO4. The third kappa shape index (κ3) is 11.0. The zero-order valence-corrected chi connectivity index (χ0v) is 15.4. The minimum atomic E-state index is -0.636. The molecule has 0 aromatic rings. The van der Waals surface area contributed by atoms with Crippen molar-refractivity contribution in [1.29, 1.82) is 0 Å². The van der Waals surface area contributed by atoms with E-state index in [1.165, 1.54) is 32.1 Å². The van der Waals surface area contributed by atoms with Crippen LogP contribution < -0.4 is 5.32 Å². The van der Waals surface area contributed by atoms with Crippen LogP contribution in [0, 0.1) is 5.92 Å². The van der Waals surface area contributed by atoms with Crippen LogP contribution in [0.25, 0.3) is 0 Å². The number of carbonyl (C=O) groups is 2. The average Bonchev–Trinajstić information content (AvgIpc) is 2.54. The monoisotopic (exact) mass is 329 g/mol. The second-order valence-electron chi connectivity index (χ2n) is 6.02. The van der Waals surface area contributed by atoms with Gasteiger partial charge in [-0.3, -0.25) is 0 Å². The van der Waals surface area contributed by atoms with Crippen molar-refractivity contribution in [1.82, 2.24) is 5.32 Å². The normalized spacial score (nSPS) is 13.2. The third-order valence-corrected chi connectivity index (χ3v) is 4.01. The zero-order chi connectivity index (χ0) is 17.5. The van der Waals surface area contributed by atoms with Crippen molar-refractivity contribution in [2.75, 3.05) is 13.2 Å². The van der Waals surface area contributed by atoms with Crippen LogP contribution in [-0.2, 0) is 14.3 Å². The van der Waals surface area contributed by atoms with E-state index >= 15 is 0 Å². The highest BCUT2D eigenvalue weighted by molar-refractivity contribution is 5.81. The molecule has 0 aliphatic rings. The first kappa shape index (κ1) is 21.7. The molecule has 0 fully saturated rings. The minimum absolute atomic E-state index is 0.0148. The van der Waals surface area contributed by atoms with E-state index in [9.17, 15) is 9.59 Å². The number of hydrogen-bond acceptors (Lipinski definition) is 4. The highest BCUT2D eigenvalue weighted by Gasteiger charge is 2.27. The molecule has 0 aliphatic carbocycles. The Hall–Kier alpha value is -1.26. The number of rotatable bonds is 13. The maximum atomic E-state index is 12.2. The average molecular weight is 329 g/mol. The van der Waals surface area contributed by atoms with E-state index in [1.54, 1.807) is 6.92 Å². The number of amides is 1. The number of esters is 1. The minimum Gasteiger partial charge on any atom is -0.464 e. The molecule has 5 nitrogen and oxygen atoms in total. The molecule has 23 heavy (non-hydrogen) atoms. The predicted octanol–water partition coefficient (Wildman–Crippen LogP) is 4.44. The van der Waals surface area contributed by atoms with Gasteiger partial charge in [-0.2, -0.15) is 0 Å². The molecular weight excluding hydrogens is 294 g/mol. The highest BCUT2D eigenvalue weighted by Crippen LogP contribution is 2.11. The quantitative estimate of drug-likeness (QED) is 0.401. The summed E-state index contributed by atoms with van der Waals surface area (Å²) in [5.74, 6) is -0.348. The Balaban J connectivity index is 4.02. The van der Waals surface area contributed by atoms with Crippen molar-refractivity contribution in [2.45, 2.75) is 85.1 Å². The largest absolute Gasteiger partial charge is 0.464 e. The van der Waals surface area contributed by atoms with E-state index in [2.05, 4.69) is 12.2 Å². The molecule has 0 radical (unpaired) electrons. The number of carbonyl (C=O) groups excluding carboxylic acids is 2. The summed E-state index contributed by atoms with van der Waals surface area (Å²) in [5, 5.41) is 2.61. The van der Waals surface area contributed by atoms with Gasteiger partial charge >= 0.3 is 12.1 Å². The maximum absolute atomic E-state index is 12.2. The molecule has 1 unspecified atom stereocenters. The lowest BCUT2D eigenvalue weighted by atomic mass is 9.99. The molecule has 0 aromatic heterocycles. The summed E-state index contributed by atoms with van der Waals surface area (Å²) >= 11 is 0. The summed E-state index contributed by atoms with van der Waals surface area (Å²) < 4.78 is 10.2. The summed E-state index contributed by atoms with van der Waals surface area (Å²) in [6, 6.07) is -0.636. The fourth-order valence-electron chi connectivity index (χ4n) is 2.29. The predicted molar refractivity (Wildman–Crippen MR) is 92.4 cm³/mol. The van der Waals surface area contributed by atoms with E-state index in [1.807, 2.05) is 13.8 Å². The molecule has 1 N–H and O–H groups in total. The smallest absolute Gasteiger partial charge is 0.407 e. The van der Waals surface area contributed by atoms with Crippen LogP contribution in [-0.4, -0.2) is 31.3 Å². The van der Waals surface area contributed by atoms with Gasteiger partial charge in [-0.05, 0) is 19.3 Å². The summed E-state index contributed by atoms with van der Waals surface area (Å²) in [7, 11) is 0. The van der Waals surface area contributed by atoms with Gasteiger partial charge in [0.1, 0.15) is 6.04 Å². The molecule has 1 amide bonds. The first-order chi connectivity index (χ1) is 11.1. The van der Waals surface area contributed by atoms with E-state index in [0.717, 1.165) is 19.3 Å². The van der Waals surface area contributed by atoms with Crippen LogP contribution in [0.15, 0.2) is 0 Å². The van der Waals surface area contributed by atoms with E-state index < -0.39 is 12.1 Å². The van der Waals surface area contributed by atoms with Crippen molar-refractivity contribution in [3.63, 3.8) is 0 Å². The molecule has 0 rings (SSSR count). The Morgan fingerprint density at radius 1 is 0.913 bits per heavy atom. The maximum Gasteiger partial charge on any atom is 0.407 e. The van der Waals surface area contributed by atoms with Gasteiger partial charge in [-0.15, -0.1) is 0 Å². The summed E-state index contributed by atoms with van der Waals surface area (Å²) in [6.07, 6.45) is 8.45. The van der Waals surface area contributed by atoms with Gasteiger partial charge in [-0.25, -0.2) is 9.59 Å². The topological polar surface area (TPSA) is 64.6 Å². The molecule has 2 atom stereocenters. The lowest BCUT2D eigenvalue weighted by Crippen LogP contribution is -2.46. The van der Waals surface area contributed by atoms with Crippen LogP contribution in [0.1, 0.15) is 79.1 Å². The van der Waals surface area contributed by atoms with Crippen molar-refractivity contribution < 1.29 is 19.1 Å². The SMILES string of the molecule is CCCCCCCCCOC(=O)[C@@H](NC(=O)OCC)C(C)CC. The van der Waals surface area contributed by atoms with Crippen LogP contribution in [0.2, 0.25) is 0 Å². The third-order valence-electron chi connectivity index (χ3n) is 4.01. The Labute approximate surface area is 141 Å². The van der Waals surface area contributed by atoms with E-state index in [0.29, 0.717) is 6.61 Å². The second kappa shape index (κ2) is 14.3. The van der Waals surface area contributed by atoms with Gasteiger partial charge in [0.2, 0.25) is 0 Å². The van der Waals surface area contributed by atoms with Crippen LogP contribution in [0.3, 0.4) is 0 Å². The number of nitrogens with one attached hydrogen (secondary N) is 1. The second-order valence-corrected chi connectivity index (χ2v) is 6.02. The van der Waals surface area contributed by atoms with Crippen LogP contribution in [0.4, 0.5) is 4.79 Å². The first-order valence-electron chi connectivity index (χ1n) is 9.16. The van der Waals surface area contributed by atoms with E-state index in [-0.39, 0.29) is 18.5 Å². The molecule has 0 heterocycles. The van der Waals surface area contributed by atoms with Gasteiger partial charge in [0.15, 0.2) is 0 Å². The molecule has 0 bridgehead atoms. The Kier molecular flexibility index (Phi) is 13.6. The Bertz CT molecular complexity index is 320. The van der Waals surface area contributed by atoms with Gasteiger partial charge in [0.25, 0.3) is 0 Å². The molecule has 0 spiro atoms. The lowest BCUT2D eigenvalue weighted by Gasteiger charge is -2.22. The van der Waals surface area contributed by atoms with Crippen LogP contribution in [0.5, 0.6) is 0 Å². The number of hydrogen-bond donors (Lipinski definition) is 1. The Morgan fingerprint density at radius 2 is 1.52 bits per heavy atom. The van der Waals surface area contributed by atoms with Gasteiger partial charge in [-0.1, -0.05) is 65.7 Å². The highest BCUT2D eigenvalue weighted by atomic mass is 16.6. The van der Waals surface area contributed by atoms with Gasteiger partial charge < -0.3 is 14.8 Å². The molecule has 136 valence electrons. The van der Waals surface area contributed by atoms with Gasteiger partial charge in [0.05, 0.1) is 13.2 Å². The molecule has 5 heteroatoms. The number of unbranched alkanes of at least 4 members (excludes halogenated alkanes) is 6. The standard InChI is InChI=1S/C18H35NO4/c1-5-8-9-10-11-12-13-14-23-17(20)16(15(4)6-2)19-18(21)22-7-3/h15-16H,5-14H2,1-4H3,(H,19,21)/t15?,16-/m0/s1. The summed E-state index contributed by atoms with van der Waals surface area (Å²) in [6.45, 7) is 8.55. The fraction of sp³-hybridized carbons (Fsp3) is 0.889. The van der Waals surface area contributed by atoms with Crippen molar-refractivity contribution >= 4 is 12.1 Å². The van der Waals surface area contributed by atoms with Crippen molar-refractivity contribution in [2.24, 2.45) is 5.92 Å². The summed E-state index contributed by atoms with van der Waals surface area (Å²) in [5.41, 5.74) is 0.